The number of hydrogen-bond acceptors (Lipinski definition) is 5. The number of carbonyl (C=O) groups excluding carboxylic acids is 2. The monoisotopic (exact) mass is 392 g/mol. The number of nitriles is 1. The molecule has 0 bridgehead atoms. The molecule has 1 saturated carbocycles. The number of nitrogens with one attached hydrogen (secondary N) is 1. The third-order valence-electron chi connectivity index (χ3n) is 6.12. The van der Waals surface area contributed by atoms with Gasteiger partial charge >= 0.3 is 0 Å². The minimum absolute atomic E-state index is 0.0116. The van der Waals surface area contributed by atoms with Gasteiger partial charge < -0.3 is 16.0 Å². The van der Waals surface area contributed by atoms with E-state index in [-0.39, 0.29) is 17.5 Å². The van der Waals surface area contributed by atoms with Gasteiger partial charge in [-0.05, 0) is 56.4 Å². The van der Waals surface area contributed by atoms with Gasteiger partial charge in [0.05, 0.1) is 24.1 Å². The van der Waals surface area contributed by atoms with Crippen molar-refractivity contribution in [3.63, 3.8) is 0 Å². The molecule has 0 saturated heterocycles. The SMILES string of the molecule is CN1C(=O)c2ccc(Nc3nn(C(CC#N)C4CC4)cc3C(N)=O)cc2C1(C)C. The summed E-state index contributed by atoms with van der Waals surface area (Å²) in [4.78, 5) is 26.1. The fourth-order valence-corrected chi connectivity index (χ4v) is 3.95. The zero-order valence-corrected chi connectivity index (χ0v) is 16.8. The highest BCUT2D eigenvalue weighted by atomic mass is 16.2. The molecule has 2 heterocycles. The number of primary amides is 1. The number of nitrogens with two attached hydrogens (primary N) is 1. The number of anilines is 2. The van der Waals surface area contributed by atoms with Crippen molar-refractivity contribution in [2.45, 2.75) is 44.7 Å². The van der Waals surface area contributed by atoms with Crippen molar-refractivity contribution >= 4 is 23.3 Å². The first-order valence-electron chi connectivity index (χ1n) is 9.69. The molecule has 0 spiro atoms. The van der Waals surface area contributed by atoms with Crippen molar-refractivity contribution in [2.75, 3.05) is 12.4 Å². The Labute approximate surface area is 169 Å². The van der Waals surface area contributed by atoms with Crippen LogP contribution in [0.1, 0.15) is 65.4 Å². The van der Waals surface area contributed by atoms with E-state index in [4.69, 9.17) is 11.0 Å². The highest BCUT2D eigenvalue weighted by Gasteiger charge is 2.40. The molecule has 8 nitrogen and oxygen atoms in total. The molecule has 3 N–H and O–H groups in total. The van der Waals surface area contributed by atoms with Crippen molar-refractivity contribution in [2.24, 2.45) is 11.7 Å². The molecule has 29 heavy (non-hydrogen) atoms. The summed E-state index contributed by atoms with van der Waals surface area (Å²) in [5, 5.41) is 16.9. The van der Waals surface area contributed by atoms with Crippen molar-refractivity contribution in [3.05, 3.63) is 41.1 Å². The lowest BCUT2D eigenvalue weighted by Gasteiger charge is -2.28. The van der Waals surface area contributed by atoms with E-state index in [2.05, 4.69) is 16.5 Å². The smallest absolute Gasteiger partial charge is 0.254 e. The standard InChI is InChI=1S/C21H24N6O2/c1-21(2)16-10-13(6-7-14(16)20(29)26(21)3)24-19-15(18(23)28)11-27(25-19)17(8-9-22)12-4-5-12/h6-7,10-12,17H,4-5,8H2,1-3H3,(H2,23,28)(H,24,25). The fraction of sp³-hybridized carbons (Fsp3) is 0.429. The van der Waals surface area contributed by atoms with E-state index in [0.29, 0.717) is 23.7 Å². The first-order valence-corrected chi connectivity index (χ1v) is 9.69. The van der Waals surface area contributed by atoms with Crippen molar-refractivity contribution in [1.29, 1.82) is 5.26 Å². The number of hydrogen-bond donors (Lipinski definition) is 2. The van der Waals surface area contributed by atoms with Gasteiger partial charge in [0.1, 0.15) is 5.56 Å². The molecule has 4 rings (SSSR count). The van der Waals surface area contributed by atoms with E-state index in [0.717, 1.165) is 24.1 Å². The number of aromatic nitrogens is 2. The Bertz CT molecular complexity index is 1040. The van der Waals surface area contributed by atoms with Gasteiger partial charge in [0.2, 0.25) is 0 Å². The first kappa shape index (κ1) is 19.0. The zero-order chi connectivity index (χ0) is 20.9. The molecular weight excluding hydrogens is 368 g/mol. The van der Waals surface area contributed by atoms with Crippen LogP contribution in [0.5, 0.6) is 0 Å². The summed E-state index contributed by atoms with van der Waals surface area (Å²) >= 11 is 0. The summed E-state index contributed by atoms with van der Waals surface area (Å²) in [7, 11) is 1.79. The second-order valence-corrected chi connectivity index (χ2v) is 8.31. The third-order valence-corrected chi connectivity index (χ3v) is 6.12. The van der Waals surface area contributed by atoms with Crippen LogP contribution in [-0.4, -0.2) is 33.5 Å². The van der Waals surface area contributed by atoms with Crippen molar-refractivity contribution in [3.8, 4) is 6.07 Å². The second kappa shape index (κ2) is 6.62. The topological polar surface area (TPSA) is 117 Å². The van der Waals surface area contributed by atoms with Gasteiger partial charge in [0.15, 0.2) is 5.82 Å². The van der Waals surface area contributed by atoms with E-state index in [1.165, 1.54) is 0 Å². The number of carbonyl (C=O) groups is 2. The maximum absolute atomic E-state index is 12.4. The molecule has 2 aliphatic rings. The normalized spacial score (nSPS) is 18.3. The minimum Gasteiger partial charge on any atom is -0.365 e. The number of rotatable bonds is 6. The van der Waals surface area contributed by atoms with Crippen LogP contribution >= 0.6 is 0 Å². The van der Waals surface area contributed by atoms with Crippen LogP contribution in [0.4, 0.5) is 11.5 Å². The largest absolute Gasteiger partial charge is 0.365 e. The molecule has 8 heteroatoms. The van der Waals surface area contributed by atoms with E-state index in [1.807, 2.05) is 19.9 Å². The van der Waals surface area contributed by atoms with Gasteiger partial charge in [-0.15, -0.1) is 0 Å². The summed E-state index contributed by atoms with van der Waals surface area (Å²) in [6, 6.07) is 7.64. The maximum Gasteiger partial charge on any atom is 0.254 e. The Morgan fingerprint density at radius 1 is 1.45 bits per heavy atom. The lowest BCUT2D eigenvalue weighted by molar-refractivity contribution is 0.0691. The summed E-state index contributed by atoms with van der Waals surface area (Å²) in [5.41, 5.74) is 7.72. The van der Waals surface area contributed by atoms with Gasteiger partial charge in [0.25, 0.3) is 11.8 Å². The predicted octanol–water partition coefficient (Wildman–Crippen LogP) is 2.91. The van der Waals surface area contributed by atoms with Crippen LogP contribution in [0.15, 0.2) is 24.4 Å². The van der Waals surface area contributed by atoms with Gasteiger partial charge in [-0.25, -0.2) is 0 Å². The van der Waals surface area contributed by atoms with Crippen LogP contribution in [0.2, 0.25) is 0 Å². The highest BCUT2D eigenvalue weighted by molar-refractivity contribution is 6.01. The molecule has 2 amide bonds. The van der Waals surface area contributed by atoms with Gasteiger partial charge in [-0.3, -0.25) is 14.3 Å². The molecule has 1 aliphatic heterocycles. The predicted molar refractivity (Wildman–Crippen MR) is 108 cm³/mol. The molecule has 1 aromatic heterocycles. The minimum atomic E-state index is -0.582. The summed E-state index contributed by atoms with van der Waals surface area (Å²) in [6.07, 6.45) is 4.08. The molecule has 2 aromatic rings. The van der Waals surface area contributed by atoms with Crippen molar-refractivity contribution in [1.82, 2.24) is 14.7 Å². The Kier molecular flexibility index (Phi) is 4.34. The average molecular weight is 392 g/mol. The Balaban J connectivity index is 1.68. The summed E-state index contributed by atoms with van der Waals surface area (Å²) in [5.74, 6) is 0.172. The number of fused-ring (bicyclic) bond motifs is 1. The molecule has 1 aliphatic carbocycles. The second-order valence-electron chi connectivity index (χ2n) is 8.31. The van der Waals surface area contributed by atoms with E-state index >= 15 is 0 Å². The van der Waals surface area contributed by atoms with Gasteiger partial charge in [-0.2, -0.15) is 10.4 Å². The lowest BCUT2D eigenvalue weighted by atomic mass is 9.93. The lowest BCUT2D eigenvalue weighted by Crippen LogP contribution is -2.35. The van der Waals surface area contributed by atoms with Crippen LogP contribution in [0.25, 0.3) is 0 Å². The molecule has 1 unspecified atom stereocenters. The number of benzene rings is 1. The maximum atomic E-state index is 12.4. The molecule has 0 radical (unpaired) electrons. The Hall–Kier alpha value is -3.34. The van der Waals surface area contributed by atoms with E-state index in [1.54, 1.807) is 35.0 Å². The van der Waals surface area contributed by atoms with Crippen LogP contribution in [0, 0.1) is 17.2 Å². The quantitative estimate of drug-likeness (QED) is 0.784. The van der Waals surface area contributed by atoms with Gasteiger partial charge in [0, 0.05) is 24.5 Å². The zero-order valence-electron chi connectivity index (χ0n) is 16.8. The van der Waals surface area contributed by atoms with Crippen molar-refractivity contribution < 1.29 is 9.59 Å². The van der Waals surface area contributed by atoms with Crippen LogP contribution in [0.3, 0.4) is 0 Å². The Morgan fingerprint density at radius 2 is 2.17 bits per heavy atom. The van der Waals surface area contributed by atoms with E-state index < -0.39 is 11.4 Å². The fourth-order valence-electron chi connectivity index (χ4n) is 3.95. The van der Waals surface area contributed by atoms with Gasteiger partial charge in [-0.1, -0.05) is 0 Å². The number of amides is 2. The van der Waals surface area contributed by atoms with Crippen LogP contribution < -0.4 is 11.1 Å². The van der Waals surface area contributed by atoms with Crippen LogP contribution in [-0.2, 0) is 5.54 Å². The van der Waals surface area contributed by atoms with E-state index in [9.17, 15) is 9.59 Å². The summed E-state index contributed by atoms with van der Waals surface area (Å²) in [6.45, 7) is 3.98. The molecular formula is C21H24N6O2. The number of nitrogens with zero attached hydrogens (tertiary/aromatic N) is 4. The molecule has 1 fully saturated rings. The third kappa shape index (κ3) is 3.12. The average Bonchev–Trinajstić information content (AvgIpc) is 3.41. The molecule has 1 aromatic carbocycles. The first-order chi connectivity index (χ1) is 13.7. The summed E-state index contributed by atoms with van der Waals surface area (Å²) < 4.78 is 1.69. The highest BCUT2D eigenvalue weighted by Crippen LogP contribution is 2.42. The Morgan fingerprint density at radius 3 is 2.79 bits per heavy atom. The molecule has 1 atom stereocenters. The molecule has 150 valence electrons.